The van der Waals surface area contributed by atoms with Crippen LogP contribution in [-0.4, -0.2) is 21.8 Å². The van der Waals surface area contributed by atoms with Gasteiger partial charge >= 0.3 is 0 Å². The first-order chi connectivity index (χ1) is 15.9. The Hall–Kier alpha value is -4.11. The van der Waals surface area contributed by atoms with Crippen LogP contribution in [0, 0.1) is 20.2 Å². The van der Waals surface area contributed by atoms with Crippen LogP contribution < -0.4 is 5.32 Å². The number of nitrogens with one attached hydrogen (secondary N) is 1. The zero-order valence-corrected chi connectivity index (χ0v) is 17.5. The molecule has 0 bridgehead atoms. The van der Waals surface area contributed by atoms with Crippen molar-refractivity contribution in [1.82, 2.24) is 5.32 Å². The number of hydrogen-bond acceptors (Lipinski definition) is 6. The highest BCUT2D eigenvalue weighted by atomic mass is 16.6. The van der Waals surface area contributed by atoms with Gasteiger partial charge in [-0.15, -0.1) is 0 Å². The van der Waals surface area contributed by atoms with Gasteiger partial charge in [-0.2, -0.15) is 0 Å². The van der Waals surface area contributed by atoms with Gasteiger partial charge < -0.3 is 10.1 Å². The fourth-order valence-electron chi connectivity index (χ4n) is 3.95. The summed E-state index contributed by atoms with van der Waals surface area (Å²) in [7, 11) is 0. The van der Waals surface area contributed by atoms with E-state index in [-0.39, 0.29) is 23.3 Å². The Kier molecular flexibility index (Phi) is 6.41. The second-order valence-corrected chi connectivity index (χ2v) is 7.82. The number of nitrogens with zero attached hydrogens (tertiary/aromatic N) is 2. The highest BCUT2D eigenvalue weighted by molar-refractivity contribution is 5.94. The lowest BCUT2D eigenvalue weighted by molar-refractivity contribution is -0.385. The van der Waals surface area contributed by atoms with Crippen LogP contribution in [0.5, 0.6) is 0 Å². The second-order valence-electron chi connectivity index (χ2n) is 7.82. The molecule has 0 aliphatic carbocycles. The molecule has 1 saturated heterocycles. The Balaban J connectivity index is 1.58. The molecule has 9 heteroatoms. The van der Waals surface area contributed by atoms with E-state index < -0.39 is 22.1 Å². The second kappa shape index (κ2) is 9.58. The van der Waals surface area contributed by atoms with Crippen molar-refractivity contribution in [3.05, 3.63) is 116 Å². The molecule has 1 aliphatic heterocycles. The van der Waals surface area contributed by atoms with Gasteiger partial charge in [0.15, 0.2) is 0 Å². The van der Waals surface area contributed by atoms with Crippen molar-refractivity contribution in [1.29, 1.82) is 0 Å². The molecule has 9 nitrogen and oxygen atoms in total. The third kappa shape index (κ3) is 5.21. The Morgan fingerprint density at radius 3 is 1.64 bits per heavy atom. The van der Waals surface area contributed by atoms with Crippen LogP contribution in [0.15, 0.2) is 78.9 Å². The minimum absolute atomic E-state index is 0.0181. The van der Waals surface area contributed by atoms with E-state index in [0.29, 0.717) is 18.4 Å². The molecule has 3 aromatic carbocycles. The van der Waals surface area contributed by atoms with Crippen molar-refractivity contribution in [3.63, 3.8) is 0 Å². The zero-order chi connectivity index (χ0) is 23.4. The number of benzene rings is 3. The normalized spacial score (nSPS) is 20.1. The van der Waals surface area contributed by atoms with E-state index in [0.717, 1.165) is 11.1 Å². The van der Waals surface area contributed by atoms with Crippen molar-refractivity contribution in [3.8, 4) is 0 Å². The van der Waals surface area contributed by atoms with Gasteiger partial charge in [0.2, 0.25) is 0 Å². The topological polar surface area (TPSA) is 125 Å². The van der Waals surface area contributed by atoms with Gasteiger partial charge in [0.25, 0.3) is 17.3 Å². The smallest absolute Gasteiger partial charge is 0.269 e. The molecule has 1 fully saturated rings. The van der Waals surface area contributed by atoms with Crippen molar-refractivity contribution < 1.29 is 19.4 Å². The summed E-state index contributed by atoms with van der Waals surface area (Å²) in [6, 6.07) is 20.9. The molecule has 1 amide bonds. The minimum Gasteiger partial charge on any atom is -0.365 e. The van der Waals surface area contributed by atoms with Crippen molar-refractivity contribution >= 4 is 17.3 Å². The molecular weight excluding hydrogens is 426 g/mol. The number of carbonyl (C=O) groups is 1. The van der Waals surface area contributed by atoms with Gasteiger partial charge in [0, 0.05) is 35.9 Å². The first kappa shape index (κ1) is 22.1. The van der Waals surface area contributed by atoms with E-state index >= 15 is 0 Å². The quantitative estimate of drug-likeness (QED) is 0.423. The molecule has 168 valence electrons. The predicted molar refractivity (Wildman–Crippen MR) is 120 cm³/mol. The van der Waals surface area contributed by atoms with E-state index in [1.165, 1.54) is 24.3 Å². The Labute approximate surface area is 189 Å². The van der Waals surface area contributed by atoms with Crippen LogP contribution in [0.1, 0.15) is 46.5 Å². The summed E-state index contributed by atoms with van der Waals surface area (Å²) in [5.74, 6) is -0.201. The number of ether oxygens (including phenoxy) is 1. The number of nitro groups is 2. The standard InChI is InChI=1S/C24H21N3O6/c28-24(18-4-2-1-3-5-18)25-19-14-22(16-6-10-20(11-7-16)26(29)30)33-23(15-19)17-8-12-21(13-9-17)27(31)32/h1-13,19,22-23H,14-15H2,(H,25,28)/t19?,22-,23+. The predicted octanol–water partition coefficient (Wildman–Crippen LogP) is 4.89. The van der Waals surface area contributed by atoms with Crippen LogP contribution in [0.4, 0.5) is 11.4 Å². The van der Waals surface area contributed by atoms with Gasteiger partial charge in [0.1, 0.15) is 0 Å². The van der Waals surface area contributed by atoms with Crippen molar-refractivity contribution in [2.45, 2.75) is 31.1 Å². The third-order valence-corrected chi connectivity index (χ3v) is 5.65. The van der Waals surface area contributed by atoms with E-state index in [4.69, 9.17) is 4.74 Å². The fourth-order valence-corrected chi connectivity index (χ4v) is 3.95. The number of amides is 1. The number of nitro benzene ring substituents is 2. The van der Waals surface area contributed by atoms with E-state index in [1.807, 2.05) is 6.07 Å². The summed E-state index contributed by atoms with van der Waals surface area (Å²) in [6.45, 7) is 0. The average molecular weight is 447 g/mol. The summed E-state index contributed by atoms with van der Waals surface area (Å²) in [5, 5.41) is 25.0. The third-order valence-electron chi connectivity index (χ3n) is 5.65. The number of hydrogen-bond donors (Lipinski definition) is 1. The number of non-ortho nitro benzene ring substituents is 2. The van der Waals surface area contributed by atoms with Gasteiger partial charge in [-0.25, -0.2) is 0 Å². The van der Waals surface area contributed by atoms with Crippen LogP contribution in [0.3, 0.4) is 0 Å². The Bertz CT molecular complexity index is 1080. The molecule has 1 N–H and O–H groups in total. The summed E-state index contributed by atoms with van der Waals surface area (Å²) >= 11 is 0. The highest BCUT2D eigenvalue weighted by Gasteiger charge is 2.33. The van der Waals surface area contributed by atoms with E-state index in [1.54, 1.807) is 48.5 Å². The minimum atomic E-state index is -0.464. The van der Waals surface area contributed by atoms with Gasteiger partial charge in [0.05, 0.1) is 22.1 Å². The fraction of sp³-hybridized carbons (Fsp3) is 0.208. The first-order valence-corrected chi connectivity index (χ1v) is 10.4. The Morgan fingerprint density at radius 2 is 1.21 bits per heavy atom. The maximum absolute atomic E-state index is 12.7. The largest absolute Gasteiger partial charge is 0.365 e. The lowest BCUT2D eigenvalue weighted by Crippen LogP contribution is -2.40. The van der Waals surface area contributed by atoms with Gasteiger partial charge in [-0.3, -0.25) is 25.0 Å². The highest BCUT2D eigenvalue weighted by Crippen LogP contribution is 2.39. The molecule has 33 heavy (non-hydrogen) atoms. The van der Waals surface area contributed by atoms with Gasteiger partial charge in [-0.05, 0) is 60.4 Å². The molecule has 3 atom stereocenters. The Morgan fingerprint density at radius 1 is 0.758 bits per heavy atom. The molecule has 1 unspecified atom stereocenters. The zero-order valence-electron chi connectivity index (χ0n) is 17.5. The van der Waals surface area contributed by atoms with Crippen molar-refractivity contribution in [2.75, 3.05) is 0 Å². The molecule has 3 aromatic rings. The van der Waals surface area contributed by atoms with Gasteiger partial charge in [-0.1, -0.05) is 18.2 Å². The lowest BCUT2D eigenvalue weighted by atomic mass is 9.91. The molecular formula is C24H21N3O6. The summed E-state index contributed by atoms with van der Waals surface area (Å²) < 4.78 is 6.29. The van der Waals surface area contributed by atoms with E-state index in [2.05, 4.69) is 5.32 Å². The molecule has 0 spiro atoms. The van der Waals surface area contributed by atoms with E-state index in [9.17, 15) is 25.0 Å². The van der Waals surface area contributed by atoms with Crippen molar-refractivity contribution in [2.24, 2.45) is 0 Å². The van der Waals surface area contributed by atoms with Crippen LogP contribution in [0.2, 0.25) is 0 Å². The number of carbonyl (C=O) groups excluding carboxylic acids is 1. The van der Waals surface area contributed by atoms with Crippen LogP contribution in [-0.2, 0) is 4.74 Å². The maximum Gasteiger partial charge on any atom is 0.269 e. The molecule has 4 rings (SSSR count). The number of rotatable bonds is 6. The maximum atomic E-state index is 12.7. The molecule has 0 radical (unpaired) electrons. The molecule has 0 saturated carbocycles. The summed E-state index contributed by atoms with van der Waals surface area (Å²) in [4.78, 5) is 33.8. The molecule has 1 aliphatic rings. The monoisotopic (exact) mass is 447 g/mol. The average Bonchev–Trinajstić information content (AvgIpc) is 2.84. The lowest BCUT2D eigenvalue weighted by Gasteiger charge is -2.36. The summed E-state index contributed by atoms with van der Waals surface area (Å²) in [5.41, 5.74) is 2.02. The molecule has 1 heterocycles. The SMILES string of the molecule is O=C(NC1C[C@@H](c2ccc([N+](=O)[O-])cc2)O[C@@H](c2ccc([N+](=O)[O-])cc2)C1)c1ccccc1. The van der Waals surface area contributed by atoms with Crippen LogP contribution in [0.25, 0.3) is 0 Å². The van der Waals surface area contributed by atoms with Crippen LogP contribution >= 0.6 is 0 Å². The summed E-state index contributed by atoms with van der Waals surface area (Å²) in [6.07, 6.45) is 0.140. The first-order valence-electron chi connectivity index (χ1n) is 10.4. The molecule has 0 aromatic heterocycles.